The minimum Gasteiger partial charge on any atom is -0.443 e. The molecule has 0 aromatic heterocycles. The Labute approximate surface area is 215 Å². The molecule has 1 aliphatic heterocycles. The van der Waals surface area contributed by atoms with Crippen molar-refractivity contribution < 1.29 is 32.3 Å². The molecule has 0 radical (unpaired) electrons. The average molecular weight is 530 g/mol. The van der Waals surface area contributed by atoms with Crippen LogP contribution in [0.5, 0.6) is 0 Å². The van der Waals surface area contributed by atoms with Crippen LogP contribution in [0.2, 0.25) is 0 Å². The van der Waals surface area contributed by atoms with Gasteiger partial charge in [0.05, 0.1) is 11.8 Å². The van der Waals surface area contributed by atoms with E-state index in [-0.39, 0.29) is 11.2 Å². The summed E-state index contributed by atoms with van der Waals surface area (Å²) in [6.45, 7) is 17.6. The normalized spacial score (nSPS) is 29.0. The summed E-state index contributed by atoms with van der Waals surface area (Å²) >= 11 is 0. The largest absolute Gasteiger partial charge is 0.443 e. The molecule has 11 heteroatoms. The van der Waals surface area contributed by atoms with Gasteiger partial charge in [-0.15, -0.1) is 0 Å². The van der Waals surface area contributed by atoms with E-state index in [2.05, 4.69) is 19.3 Å². The standard InChI is InChI=1S/C25H43N3O7S/c1-15(2)18(27(21(31)35-23(6,7)8)26-20(30)34-22(3,4)5)19(29)28-17-13-16-11-12-25(17,24(16,9)10)14-36(28,32)33/h15-18H,11-14H2,1-10H3,(H,26,30)/t16-,17-,18+,25-/m1/s1. The molecule has 206 valence electrons. The van der Waals surface area contributed by atoms with Gasteiger partial charge in [-0.1, -0.05) is 27.7 Å². The highest BCUT2D eigenvalue weighted by Crippen LogP contribution is 2.70. The molecule has 3 amide bonds. The van der Waals surface area contributed by atoms with Crippen LogP contribution >= 0.6 is 0 Å². The Bertz CT molecular complexity index is 1030. The van der Waals surface area contributed by atoms with Gasteiger partial charge in [0.2, 0.25) is 10.0 Å². The Balaban J connectivity index is 2.01. The van der Waals surface area contributed by atoms with Crippen LogP contribution < -0.4 is 5.43 Å². The molecule has 1 saturated heterocycles. The van der Waals surface area contributed by atoms with Crippen LogP contribution in [0.15, 0.2) is 0 Å². The highest BCUT2D eigenvalue weighted by molar-refractivity contribution is 7.90. The van der Waals surface area contributed by atoms with Gasteiger partial charge in [-0.05, 0) is 78.1 Å². The zero-order chi connectivity index (χ0) is 27.6. The molecule has 2 bridgehead atoms. The highest BCUT2D eigenvalue weighted by Gasteiger charge is 2.72. The van der Waals surface area contributed by atoms with Crippen molar-refractivity contribution in [3.63, 3.8) is 0 Å². The zero-order valence-corrected chi connectivity index (χ0v) is 24.1. The summed E-state index contributed by atoms with van der Waals surface area (Å²) in [6, 6.07) is -1.79. The Morgan fingerprint density at radius 2 is 1.58 bits per heavy atom. The van der Waals surface area contributed by atoms with Gasteiger partial charge in [-0.3, -0.25) is 4.79 Å². The van der Waals surface area contributed by atoms with Crippen molar-refractivity contribution in [3.05, 3.63) is 0 Å². The van der Waals surface area contributed by atoms with E-state index in [0.717, 1.165) is 22.2 Å². The number of hydrogen-bond acceptors (Lipinski definition) is 7. The minimum absolute atomic E-state index is 0.0867. The van der Waals surface area contributed by atoms with Gasteiger partial charge in [0.25, 0.3) is 5.91 Å². The Kier molecular flexibility index (Phi) is 6.95. The molecule has 3 fully saturated rings. The number of nitrogens with one attached hydrogen (secondary N) is 1. The topological polar surface area (TPSA) is 122 Å². The Morgan fingerprint density at radius 1 is 1.03 bits per heavy atom. The minimum atomic E-state index is -3.93. The average Bonchev–Trinajstić information content (AvgIpc) is 3.11. The van der Waals surface area contributed by atoms with E-state index in [9.17, 15) is 22.8 Å². The van der Waals surface area contributed by atoms with E-state index in [4.69, 9.17) is 9.47 Å². The lowest BCUT2D eigenvalue weighted by Gasteiger charge is -2.39. The second-order valence-corrected chi connectivity index (χ2v) is 15.3. The fourth-order valence-corrected chi connectivity index (χ4v) is 8.90. The first-order chi connectivity index (χ1) is 16.1. The third-order valence-corrected chi connectivity index (χ3v) is 9.91. The van der Waals surface area contributed by atoms with Crippen LogP contribution in [0.3, 0.4) is 0 Å². The quantitative estimate of drug-likeness (QED) is 0.547. The summed E-state index contributed by atoms with van der Waals surface area (Å²) in [7, 11) is -3.93. The lowest BCUT2D eigenvalue weighted by molar-refractivity contribution is -0.137. The molecular weight excluding hydrogens is 486 g/mol. The van der Waals surface area contributed by atoms with Gasteiger partial charge in [0.15, 0.2) is 0 Å². The lowest BCUT2D eigenvalue weighted by atomic mass is 9.69. The molecular formula is C25H43N3O7S. The number of fused-ring (bicyclic) bond motifs is 1. The van der Waals surface area contributed by atoms with Gasteiger partial charge in [0.1, 0.15) is 17.2 Å². The van der Waals surface area contributed by atoms with Gasteiger partial charge in [0, 0.05) is 5.41 Å². The summed E-state index contributed by atoms with van der Waals surface area (Å²) in [5.41, 5.74) is -0.137. The fourth-order valence-electron chi connectivity index (χ4n) is 6.34. The smallest absolute Gasteiger partial charge is 0.430 e. The van der Waals surface area contributed by atoms with Crippen molar-refractivity contribution in [2.75, 3.05) is 5.75 Å². The SMILES string of the molecule is CC(C)[C@@H](C(=O)N1[C@@H]2C[C@H]3CC[C@]2(CS1(=O)=O)C3(C)C)N(NC(=O)OC(C)(C)C)C(=O)OC(C)(C)C. The number of hydrogen-bond donors (Lipinski definition) is 1. The molecule has 36 heavy (non-hydrogen) atoms. The number of rotatable bonds is 3. The lowest BCUT2D eigenvalue weighted by Crippen LogP contribution is -2.62. The predicted octanol–water partition coefficient (Wildman–Crippen LogP) is 4.05. The van der Waals surface area contributed by atoms with Crippen molar-refractivity contribution in [1.82, 2.24) is 14.7 Å². The van der Waals surface area contributed by atoms with E-state index < -0.39 is 62.7 Å². The second kappa shape index (κ2) is 8.77. The first kappa shape index (κ1) is 28.5. The number of ether oxygens (including phenoxy) is 2. The van der Waals surface area contributed by atoms with Crippen LogP contribution in [0.1, 0.15) is 88.5 Å². The van der Waals surface area contributed by atoms with Crippen LogP contribution in [-0.2, 0) is 24.3 Å². The van der Waals surface area contributed by atoms with E-state index in [0.29, 0.717) is 12.3 Å². The maximum Gasteiger partial charge on any atom is 0.430 e. The molecule has 1 spiro atoms. The van der Waals surface area contributed by atoms with E-state index in [1.165, 1.54) is 0 Å². The van der Waals surface area contributed by atoms with Gasteiger partial charge >= 0.3 is 12.2 Å². The molecule has 4 atom stereocenters. The summed E-state index contributed by atoms with van der Waals surface area (Å²) in [6.07, 6.45) is 0.373. The molecule has 10 nitrogen and oxygen atoms in total. The number of sulfonamides is 1. The van der Waals surface area contributed by atoms with Gasteiger partial charge < -0.3 is 9.47 Å². The number of carbonyl (C=O) groups excluding carboxylic acids is 3. The summed E-state index contributed by atoms with van der Waals surface area (Å²) in [5.74, 6) is -1.04. The molecule has 1 heterocycles. The number of amides is 3. The van der Waals surface area contributed by atoms with E-state index in [1.54, 1.807) is 55.4 Å². The van der Waals surface area contributed by atoms with Crippen LogP contribution in [0, 0.1) is 22.7 Å². The van der Waals surface area contributed by atoms with Crippen LogP contribution in [-0.4, -0.2) is 64.9 Å². The first-order valence-electron chi connectivity index (χ1n) is 12.7. The Morgan fingerprint density at radius 3 is 2.06 bits per heavy atom. The third kappa shape index (κ3) is 4.91. The molecule has 0 aromatic rings. The molecule has 3 aliphatic rings. The van der Waals surface area contributed by atoms with E-state index >= 15 is 0 Å². The molecule has 2 aliphatic carbocycles. The Hall–Kier alpha value is -2.04. The van der Waals surface area contributed by atoms with Crippen LogP contribution in [0.25, 0.3) is 0 Å². The van der Waals surface area contributed by atoms with Crippen LogP contribution in [0.4, 0.5) is 9.59 Å². The summed E-state index contributed by atoms with van der Waals surface area (Å²) in [4.78, 5) is 40.1. The predicted molar refractivity (Wildman–Crippen MR) is 134 cm³/mol. The van der Waals surface area contributed by atoms with Crippen molar-refractivity contribution in [1.29, 1.82) is 0 Å². The van der Waals surface area contributed by atoms with Crippen molar-refractivity contribution >= 4 is 28.1 Å². The monoisotopic (exact) mass is 529 g/mol. The molecule has 3 rings (SSSR count). The maximum atomic E-state index is 14.1. The second-order valence-electron chi connectivity index (χ2n) is 13.4. The van der Waals surface area contributed by atoms with Gasteiger partial charge in [-0.25, -0.2) is 32.7 Å². The van der Waals surface area contributed by atoms with E-state index in [1.807, 2.05) is 0 Å². The maximum absolute atomic E-state index is 14.1. The molecule has 2 saturated carbocycles. The number of hydrazine groups is 1. The molecule has 0 aromatic carbocycles. The van der Waals surface area contributed by atoms with Crippen molar-refractivity contribution in [2.45, 2.75) is 112 Å². The summed E-state index contributed by atoms with van der Waals surface area (Å²) in [5, 5.41) is 0.797. The van der Waals surface area contributed by atoms with Crippen molar-refractivity contribution in [2.24, 2.45) is 22.7 Å². The number of carbonyl (C=O) groups is 3. The summed E-state index contributed by atoms with van der Waals surface area (Å²) < 4.78 is 38.8. The first-order valence-corrected chi connectivity index (χ1v) is 14.3. The zero-order valence-electron chi connectivity index (χ0n) is 23.3. The molecule has 0 unspecified atom stereocenters. The fraction of sp³-hybridized carbons (Fsp3) is 0.880. The van der Waals surface area contributed by atoms with Gasteiger partial charge in [-0.2, -0.15) is 0 Å². The molecule has 1 N–H and O–H groups in total. The third-order valence-electron chi connectivity index (χ3n) is 7.99. The highest BCUT2D eigenvalue weighted by atomic mass is 32.2. The number of nitrogens with zero attached hydrogens (tertiary/aromatic N) is 2. The van der Waals surface area contributed by atoms with Crippen molar-refractivity contribution in [3.8, 4) is 0 Å².